The van der Waals surface area contributed by atoms with Gasteiger partial charge in [0.25, 0.3) is 0 Å². The van der Waals surface area contributed by atoms with Gasteiger partial charge in [0.05, 0.1) is 17.3 Å². The lowest BCUT2D eigenvalue weighted by molar-refractivity contribution is 0.103. The Hall–Kier alpha value is -1.84. The molecule has 16 heavy (non-hydrogen) atoms. The first-order valence-electron chi connectivity index (χ1n) is 5.10. The van der Waals surface area contributed by atoms with Crippen LogP contribution in [0.1, 0.15) is 33.0 Å². The second-order valence-corrected chi connectivity index (χ2v) is 3.95. The molecule has 0 saturated heterocycles. The fourth-order valence-electron chi connectivity index (χ4n) is 1.81. The molecule has 0 unspecified atom stereocenters. The Morgan fingerprint density at radius 1 is 1.31 bits per heavy atom. The molecule has 0 amide bonds. The fraction of sp³-hybridized carbons (Fsp3) is 0.333. The third-order valence-electron chi connectivity index (χ3n) is 2.76. The molecule has 0 aliphatic carbocycles. The Kier molecular flexibility index (Phi) is 2.42. The van der Waals surface area contributed by atoms with Gasteiger partial charge in [-0.25, -0.2) is 0 Å². The first kappa shape index (κ1) is 10.7. The predicted octanol–water partition coefficient (Wildman–Crippen LogP) is 2.17. The summed E-state index contributed by atoms with van der Waals surface area (Å²) in [4.78, 5) is 12.2. The smallest absolute Gasteiger partial charge is 0.199 e. The zero-order valence-corrected chi connectivity index (χ0v) is 9.87. The van der Waals surface area contributed by atoms with Crippen molar-refractivity contribution in [1.82, 2.24) is 9.78 Å². The van der Waals surface area contributed by atoms with Gasteiger partial charge in [-0.1, -0.05) is 0 Å². The van der Waals surface area contributed by atoms with Crippen LogP contribution >= 0.6 is 0 Å². The molecule has 0 saturated carbocycles. The predicted molar refractivity (Wildman–Crippen MR) is 59.6 cm³/mol. The van der Waals surface area contributed by atoms with Crippen LogP contribution in [0.15, 0.2) is 16.8 Å². The van der Waals surface area contributed by atoms with Gasteiger partial charge in [0, 0.05) is 18.8 Å². The molecule has 0 radical (unpaired) electrons. The molecule has 2 aromatic heterocycles. The van der Waals surface area contributed by atoms with Crippen LogP contribution in [0.4, 0.5) is 0 Å². The van der Waals surface area contributed by atoms with Crippen LogP contribution in [-0.4, -0.2) is 15.6 Å². The fourth-order valence-corrected chi connectivity index (χ4v) is 1.81. The Labute approximate surface area is 93.9 Å². The van der Waals surface area contributed by atoms with Gasteiger partial charge in [-0.3, -0.25) is 9.48 Å². The minimum atomic E-state index is -0.0278. The van der Waals surface area contributed by atoms with Crippen molar-refractivity contribution in [3.8, 4) is 0 Å². The third-order valence-corrected chi connectivity index (χ3v) is 2.76. The van der Waals surface area contributed by atoms with Crippen LogP contribution in [0.3, 0.4) is 0 Å². The van der Waals surface area contributed by atoms with E-state index in [-0.39, 0.29) is 5.78 Å². The Bertz CT molecular complexity index is 549. The standard InChI is InChI=1S/C12H14N2O2/c1-7-8(2)16-9(3)11(7)12(15)10-5-13-14(4)6-10/h5-6H,1-4H3. The SMILES string of the molecule is Cc1oc(C)c(C(=O)c2cnn(C)c2)c1C. The Morgan fingerprint density at radius 3 is 2.44 bits per heavy atom. The zero-order valence-electron chi connectivity index (χ0n) is 9.87. The summed E-state index contributed by atoms with van der Waals surface area (Å²) in [5.41, 5.74) is 2.16. The monoisotopic (exact) mass is 218 g/mol. The van der Waals surface area contributed by atoms with Crippen molar-refractivity contribution in [2.75, 3.05) is 0 Å². The lowest BCUT2D eigenvalue weighted by Crippen LogP contribution is -2.02. The molecule has 4 nitrogen and oxygen atoms in total. The van der Waals surface area contributed by atoms with E-state index in [1.165, 1.54) is 0 Å². The van der Waals surface area contributed by atoms with Crippen LogP contribution in [0.5, 0.6) is 0 Å². The van der Waals surface area contributed by atoms with Gasteiger partial charge in [-0.05, 0) is 20.8 Å². The van der Waals surface area contributed by atoms with E-state index in [9.17, 15) is 4.79 Å². The van der Waals surface area contributed by atoms with Crippen molar-refractivity contribution in [2.45, 2.75) is 20.8 Å². The number of hydrogen-bond donors (Lipinski definition) is 0. The van der Waals surface area contributed by atoms with Gasteiger partial charge in [0.1, 0.15) is 11.5 Å². The van der Waals surface area contributed by atoms with Crippen molar-refractivity contribution in [1.29, 1.82) is 0 Å². The molecule has 0 aromatic carbocycles. The summed E-state index contributed by atoms with van der Waals surface area (Å²) < 4.78 is 7.06. The summed E-state index contributed by atoms with van der Waals surface area (Å²) in [6, 6.07) is 0. The molecule has 0 fully saturated rings. The topological polar surface area (TPSA) is 48.0 Å². The van der Waals surface area contributed by atoms with Gasteiger partial charge < -0.3 is 4.42 Å². The summed E-state index contributed by atoms with van der Waals surface area (Å²) >= 11 is 0. The molecule has 84 valence electrons. The largest absolute Gasteiger partial charge is 0.466 e. The molecule has 0 atom stereocenters. The second-order valence-electron chi connectivity index (χ2n) is 3.95. The van der Waals surface area contributed by atoms with Gasteiger partial charge in [-0.2, -0.15) is 5.10 Å². The molecule has 0 spiro atoms. The molecule has 0 bridgehead atoms. The molecular formula is C12H14N2O2. The number of nitrogens with zero attached hydrogens (tertiary/aromatic N) is 2. The van der Waals surface area contributed by atoms with E-state index in [2.05, 4.69) is 5.10 Å². The molecule has 0 N–H and O–H groups in total. The summed E-state index contributed by atoms with van der Waals surface area (Å²) in [5.74, 6) is 1.44. The summed E-state index contributed by atoms with van der Waals surface area (Å²) in [6.07, 6.45) is 3.28. The molecule has 0 aliphatic heterocycles. The minimum absolute atomic E-state index is 0.0278. The quantitative estimate of drug-likeness (QED) is 0.726. The van der Waals surface area contributed by atoms with E-state index in [1.807, 2.05) is 20.8 Å². The van der Waals surface area contributed by atoms with Crippen molar-refractivity contribution in [3.05, 3.63) is 40.6 Å². The second kappa shape index (κ2) is 3.63. The number of furan rings is 1. The van der Waals surface area contributed by atoms with Crippen LogP contribution in [0.2, 0.25) is 0 Å². The van der Waals surface area contributed by atoms with E-state index in [0.717, 1.165) is 11.3 Å². The summed E-state index contributed by atoms with van der Waals surface area (Å²) in [7, 11) is 1.79. The van der Waals surface area contributed by atoms with E-state index >= 15 is 0 Å². The zero-order chi connectivity index (χ0) is 11.9. The number of aromatic nitrogens is 2. The maximum Gasteiger partial charge on any atom is 0.199 e. The molecule has 4 heteroatoms. The van der Waals surface area contributed by atoms with Gasteiger partial charge >= 0.3 is 0 Å². The summed E-state index contributed by atoms with van der Waals surface area (Å²) in [5, 5.41) is 3.99. The number of hydrogen-bond acceptors (Lipinski definition) is 3. The van der Waals surface area contributed by atoms with Crippen molar-refractivity contribution in [2.24, 2.45) is 7.05 Å². The number of carbonyl (C=O) groups excluding carboxylic acids is 1. The number of aryl methyl sites for hydroxylation is 3. The number of ketones is 1. The van der Waals surface area contributed by atoms with E-state index in [4.69, 9.17) is 4.42 Å². The first-order chi connectivity index (χ1) is 7.50. The summed E-state index contributed by atoms with van der Waals surface area (Å²) in [6.45, 7) is 5.57. The molecule has 0 aliphatic rings. The number of carbonyl (C=O) groups is 1. The molecular weight excluding hydrogens is 204 g/mol. The number of rotatable bonds is 2. The maximum absolute atomic E-state index is 12.2. The van der Waals surface area contributed by atoms with Crippen LogP contribution in [0.25, 0.3) is 0 Å². The minimum Gasteiger partial charge on any atom is -0.466 e. The van der Waals surface area contributed by atoms with Crippen molar-refractivity contribution < 1.29 is 9.21 Å². The molecule has 2 heterocycles. The Balaban J connectivity index is 2.49. The lowest BCUT2D eigenvalue weighted by atomic mass is 10.0. The molecule has 2 aromatic rings. The van der Waals surface area contributed by atoms with Gasteiger partial charge in [0.15, 0.2) is 5.78 Å². The highest BCUT2D eigenvalue weighted by Gasteiger charge is 2.20. The third kappa shape index (κ3) is 1.56. The first-order valence-corrected chi connectivity index (χ1v) is 5.10. The molecule has 2 rings (SSSR count). The van der Waals surface area contributed by atoms with Crippen molar-refractivity contribution in [3.63, 3.8) is 0 Å². The highest BCUT2D eigenvalue weighted by molar-refractivity contribution is 6.10. The van der Waals surface area contributed by atoms with Crippen LogP contribution in [-0.2, 0) is 7.05 Å². The van der Waals surface area contributed by atoms with Gasteiger partial charge in [0.2, 0.25) is 0 Å². The average Bonchev–Trinajstić information content (AvgIpc) is 2.73. The van der Waals surface area contributed by atoms with E-state index in [1.54, 1.807) is 24.1 Å². The normalized spacial score (nSPS) is 10.8. The van der Waals surface area contributed by atoms with Crippen molar-refractivity contribution >= 4 is 5.78 Å². The lowest BCUT2D eigenvalue weighted by Gasteiger charge is -1.97. The highest BCUT2D eigenvalue weighted by Crippen LogP contribution is 2.23. The maximum atomic E-state index is 12.2. The van der Waals surface area contributed by atoms with Crippen LogP contribution in [0, 0.1) is 20.8 Å². The van der Waals surface area contributed by atoms with E-state index in [0.29, 0.717) is 16.9 Å². The van der Waals surface area contributed by atoms with Gasteiger partial charge in [-0.15, -0.1) is 0 Å². The average molecular weight is 218 g/mol. The highest BCUT2D eigenvalue weighted by atomic mass is 16.3. The van der Waals surface area contributed by atoms with Crippen LogP contribution < -0.4 is 0 Å². The Morgan fingerprint density at radius 2 is 2.00 bits per heavy atom. The van der Waals surface area contributed by atoms with E-state index < -0.39 is 0 Å².